The van der Waals surface area contributed by atoms with Crippen LogP contribution in [0.5, 0.6) is 0 Å². The van der Waals surface area contributed by atoms with Gasteiger partial charge in [-0.3, -0.25) is 9.78 Å². The monoisotopic (exact) mass is 304 g/mol. The van der Waals surface area contributed by atoms with Gasteiger partial charge in [-0.05, 0) is 6.92 Å². The second-order valence-corrected chi connectivity index (χ2v) is 5.00. The number of hydrogen-bond acceptors (Lipinski definition) is 8. The Hall–Kier alpha value is -2.55. The van der Waals surface area contributed by atoms with Crippen LogP contribution in [0.4, 0.5) is 5.82 Å². The van der Waals surface area contributed by atoms with Crippen LogP contribution >= 0.6 is 0 Å². The molecule has 1 aliphatic rings. The first kappa shape index (κ1) is 14.4. The summed E-state index contributed by atoms with van der Waals surface area (Å²) in [5, 5.41) is 7.41. The Bertz CT molecular complexity index is 673. The minimum Gasteiger partial charge on any atom is -0.382 e. The Morgan fingerprint density at radius 3 is 2.95 bits per heavy atom. The Balaban J connectivity index is 1.69. The molecule has 0 radical (unpaired) electrons. The molecule has 0 bridgehead atoms. The molecular formula is C13H16N6O3. The fourth-order valence-corrected chi connectivity index (χ4v) is 2.31. The number of amides is 1. The van der Waals surface area contributed by atoms with Crippen molar-refractivity contribution >= 4 is 11.7 Å². The number of aromatic nitrogens is 4. The number of rotatable bonds is 3. The normalized spacial score (nSPS) is 18.4. The lowest BCUT2D eigenvalue weighted by atomic mass is 10.1. The van der Waals surface area contributed by atoms with Crippen LogP contribution < -0.4 is 5.73 Å². The van der Waals surface area contributed by atoms with E-state index < -0.39 is 0 Å². The van der Waals surface area contributed by atoms with E-state index in [2.05, 4.69) is 24.9 Å². The molecule has 1 unspecified atom stereocenters. The molecule has 9 nitrogen and oxygen atoms in total. The van der Waals surface area contributed by atoms with Gasteiger partial charge in [0.25, 0.3) is 0 Å². The Morgan fingerprint density at radius 1 is 1.41 bits per heavy atom. The Kier molecular flexibility index (Phi) is 3.96. The third-order valence-electron chi connectivity index (χ3n) is 3.55. The van der Waals surface area contributed by atoms with E-state index >= 15 is 0 Å². The molecule has 1 amide bonds. The molecule has 0 spiro atoms. The molecule has 2 aromatic rings. The molecule has 3 heterocycles. The molecule has 1 saturated heterocycles. The summed E-state index contributed by atoms with van der Waals surface area (Å²) in [4.78, 5) is 22.3. The number of hydrogen-bond donors (Lipinski definition) is 1. The van der Waals surface area contributed by atoms with Crippen LogP contribution in [0.25, 0.3) is 0 Å². The number of nitrogens with zero attached hydrogens (tertiary/aromatic N) is 5. The maximum absolute atomic E-state index is 12.4. The van der Waals surface area contributed by atoms with Crippen molar-refractivity contribution in [1.29, 1.82) is 0 Å². The van der Waals surface area contributed by atoms with Gasteiger partial charge in [-0.15, -0.1) is 0 Å². The molecule has 3 rings (SSSR count). The molecule has 116 valence electrons. The van der Waals surface area contributed by atoms with E-state index in [0.717, 1.165) is 0 Å². The number of carbonyl (C=O) groups is 1. The minimum atomic E-state index is -0.372. The van der Waals surface area contributed by atoms with Crippen LogP contribution in [0.2, 0.25) is 0 Å². The number of morpholine rings is 1. The van der Waals surface area contributed by atoms with E-state index in [0.29, 0.717) is 42.6 Å². The van der Waals surface area contributed by atoms with Crippen LogP contribution in [-0.2, 0) is 16.0 Å². The van der Waals surface area contributed by atoms with Crippen molar-refractivity contribution in [2.45, 2.75) is 19.4 Å². The van der Waals surface area contributed by atoms with Crippen LogP contribution in [0.15, 0.2) is 17.0 Å². The summed E-state index contributed by atoms with van der Waals surface area (Å²) in [6, 6.07) is 0. The highest BCUT2D eigenvalue weighted by Crippen LogP contribution is 2.24. The van der Waals surface area contributed by atoms with E-state index in [1.54, 1.807) is 18.0 Å². The third kappa shape index (κ3) is 2.89. The van der Waals surface area contributed by atoms with Crippen LogP contribution in [-0.4, -0.2) is 50.8 Å². The summed E-state index contributed by atoms with van der Waals surface area (Å²) in [6.07, 6.45) is 2.85. The fraction of sp³-hybridized carbons (Fsp3) is 0.462. The van der Waals surface area contributed by atoms with Gasteiger partial charge < -0.3 is 15.4 Å². The van der Waals surface area contributed by atoms with Gasteiger partial charge in [0.15, 0.2) is 0 Å². The Morgan fingerprint density at radius 2 is 2.23 bits per heavy atom. The maximum atomic E-state index is 12.4. The van der Waals surface area contributed by atoms with E-state index in [-0.39, 0.29) is 18.4 Å². The second kappa shape index (κ2) is 6.06. The zero-order valence-corrected chi connectivity index (χ0v) is 12.1. The molecule has 9 heteroatoms. The van der Waals surface area contributed by atoms with E-state index in [1.807, 2.05) is 0 Å². The number of aryl methyl sites for hydroxylation is 1. The second-order valence-electron chi connectivity index (χ2n) is 5.00. The molecule has 2 aromatic heterocycles. The highest BCUT2D eigenvalue weighted by Gasteiger charge is 2.28. The van der Waals surface area contributed by atoms with Crippen molar-refractivity contribution in [3.05, 3.63) is 29.5 Å². The van der Waals surface area contributed by atoms with Crippen molar-refractivity contribution in [2.24, 2.45) is 0 Å². The molecule has 0 saturated carbocycles. The van der Waals surface area contributed by atoms with Gasteiger partial charge in [0, 0.05) is 18.9 Å². The van der Waals surface area contributed by atoms with Gasteiger partial charge in [-0.1, -0.05) is 10.3 Å². The smallest absolute Gasteiger partial charge is 0.228 e. The first-order valence-corrected chi connectivity index (χ1v) is 6.89. The van der Waals surface area contributed by atoms with E-state index in [1.165, 1.54) is 6.20 Å². The molecule has 1 fully saturated rings. The van der Waals surface area contributed by atoms with Crippen molar-refractivity contribution in [2.75, 3.05) is 25.4 Å². The number of nitrogen functional groups attached to an aromatic ring is 1. The summed E-state index contributed by atoms with van der Waals surface area (Å²) in [5.74, 6) is 0.257. The largest absolute Gasteiger partial charge is 0.382 e. The lowest BCUT2D eigenvalue weighted by Crippen LogP contribution is -2.43. The number of ether oxygens (including phenoxy) is 1. The van der Waals surface area contributed by atoms with Gasteiger partial charge in [-0.25, -0.2) is 9.61 Å². The summed E-state index contributed by atoms with van der Waals surface area (Å²) in [6.45, 7) is 3.07. The average molecular weight is 304 g/mol. The maximum Gasteiger partial charge on any atom is 0.228 e. The van der Waals surface area contributed by atoms with Crippen molar-refractivity contribution in [1.82, 2.24) is 25.2 Å². The molecule has 1 aliphatic heterocycles. The highest BCUT2D eigenvalue weighted by molar-refractivity contribution is 5.78. The van der Waals surface area contributed by atoms with Crippen LogP contribution in [0, 0.1) is 6.92 Å². The van der Waals surface area contributed by atoms with Gasteiger partial charge in [0.2, 0.25) is 5.91 Å². The highest BCUT2D eigenvalue weighted by atomic mass is 16.6. The third-order valence-corrected chi connectivity index (χ3v) is 3.55. The van der Waals surface area contributed by atoms with Gasteiger partial charge >= 0.3 is 0 Å². The average Bonchev–Trinajstić information content (AvgIpc) is 2.93. The van der Waals surface area contributed by atoms with Crippen LogP contribution in [0.1, 0.15) is 23.2 Å². The number of carbonyl (C=O) groups excluding carboxylic acids is 1. The number of anilines is 1. The number of nitrogens with two attached hydrogens (primary N) is 1. The summed E-state index contributed by atoms with van der Waals surface area (Å²) >= 11 is 0. The van der Waals surface area contributed by atoms with Gasteiger partial charge in [-0.2, -0.15) is 0 Å². The summed E-state index contributed by atoms with van der Waals surface area (Å²) < 4.78 is 10.3. The quantitative estimate of drug-likeness (QED) is 0.834. The van der Waals surface area contributed by atoms with Crippen molar-refractivity contribution in [3.8, 4) is 0 Å². The van der Waals surface area contributed by atoms with Gasteiger partial charge in [0.1, 0.15) is 29.0 Å². The zero-order valence-electron chi connectivity index (χ0n) is 12.1. The van der Waals surface area contributed by atoms with E-state index in [4.69, 9.17) is 10.5 Å². The summed E-state index contributed by atoms with van der Waals surface area (Å²) in [5.41, 5.74) is 7.54. The molecule has 0 aliphatic carbocycles. The minimum absolute atomic E-state index is 0.0606. The SMILES string of the molecule is Cc1nonc1CC(=O)N1CCOC(c2nccnc2N)C1. The zero-order chi connectivity index (χ0) is 15.5. The van der Waals surface area contributed by atoms with E-state index in [9.17, 15) is 4.79 Å². The topological polar surface area (TPSA) is 120 Å². The molecule has 1 atom stereocenters. The first-order chi connectivity index (χ1) is 10.6. The Labute approximate surface area is 126 Å². The predicted molar refractivity (Wildman–Crippen MR) is 74.5 cm³/mol. The summed E-state index contributed by atoms with van der Waals surface area (Å²) in [7, 11) is 0. The van der Waals surface area contributed by atoms with Crippen LogP contribution in [0.3, 0.4) is 0 Å². The first-order valence-electron chi connectivity index (χ1n) is 6.89. The fourth-order valence-electron chi connectivity index (χ4n) is 2.31. The predicted octanol–water partition coefficient (Wildman–Crippen LogP) is -0.107. The standard InChI is InChI=1S/C13H16N6O3/c1-8-9(18-22-17-8)6-11(20)19-4-5-21-10(7-19)12-13(14)16-3-2-15-12/h2-3,10H,4-7H2,1H3,(H2,14,16). The molecule has 22 heavy (non-hydrogen) atoms. The van der Waals surface area contributed by atoms with Crippen molar-refractivity contribution < 1.29 is 14.2 Å². The molecule has 0 aromatic carbocycles. The lowest BCUT2D eigenvalue weighted by Gasteiger charge is -2.32. The van der Waals surface area contributed by atoms with Crippen molar-refractivity contribution in [3.63, 3.8) is 0 Å². The van der Waals surface area contributed by atoms with Gasteiger partial charge in [0.05, 0.1) is 19.6 Å². The molecule has 2 N–H and O–H groups in total. The lowest BCUT2D eigenvalue weighted by molar-refractivity contribution is -0.138. The molecular weight excluding hydrogens is 288 g/mol.